The summed E-state index contributed by atoms with van der Waals surface area (Å²) in [4.78, 5) is 11.5. The van der Waals surface area contributed by atoms with Gasteiger partial charge >= 0.3 is 0 Å². The minimum Gasteiger partial charge on any atom is -0.348 e. The quantitative estimate of drug-likeness (QED) is 0.700. The van der Waals surface area contributed by atoms with Gasteiger partial charge in [-0.3, -0.25) is 4.79 Å². The first-order valence-corrected chi connectivity index (χ1v) is 4.77. The van der Waals surface area contributed by atoms with Crippen LogP contribution in [0.1, 0.15) is 25.6 Å². The summed E-state index contributed by atoms with van der Waals surface area (Å²) in [5.74, 6) is 1.29. The van der Waals surface area contributed by atoms with Crippen molar-refractivity contribution in [1.29, 1.82) is 0 Å². The second-order valence-electron chi connectivity index (χ2n) is 3.67. The van der Waals surface area contributed by atoms with E-state index < -0.39 is 0 Å². The maximum atomic E-state index is 11.5. The predicted octanol–water partition coefficient (Wildman–Crippen LogP) is -0.138. The topological polar surface area (TPSA) is 83.6 Å². The molecule has 2 rings (SSSR count). The Morgan fingerprint density at radius 2 is 2.50 bits per heavy atom. The molecule has 1 aliphatic carbocycles. The van der Waals surface area contributed by atoms with Gasteiger partial charge in [-0.15, -0.1) is 10.2 Å². The maximum Gasteiger partial charge on any atom is 0.223 e. The number of aromatic amines is 1. The van der Waals surface area contributed by atoms with E-state index in [9.17, 15) is 4.79 Å². The van der Waals surface area contributed by atoms with Crippen molar-refractivity contribution in [3.05, 3.63) is 5.82 Å². The molecule has 1 aliphatic rings. The van der Waals surface area contributed by atoms with Crippen LogP contribution in [0.3, 0.4) is 0 Å². The van der Waals surface area contributed by atoms with Gasteiger partial charge in [0.05, 0.1) is 6.54 Å². The molecule has 1 aromatic rings. The SMILES string of the molecule is CC(C(=O)NCc1nn[nH]n1)C1CC1. The van der Waals surface area contributed by atoms with Crippen LogP contribution < -0.4 is 5.32 Å². The van der Waals surface area contributed by atoms with Crippen molar-refractivity contribution in [3.63, 3.8) is 0 Å². The van der Waals surface area contributed by atoms with Crippen molar-refractivity contribution >= 4 is 5.91 Å². The van der Waals surface area contributed by atoms with Gasteiger partial charge in [-0.2, -0.15) is 5.21 Å². The lowest BCUT2D eigenvalue weighted by molar-refractivity contribution is -0.125. The highest BCUT2D eigenvalue weighted by molar-refractivity contribution is 5.78. The Morgan fingerprint density at radius 1 is 1.71 bits per heavy atom. The second-order valence-corrected chi connectivity index (χ2v) is 3.67. The van der Waals surface area contributed by atoms with Gasteiger partial charge < -0.3 is 5.32 Å². The highest BCUT2D eigenvalue weighted by atomic mass is 16.1. The van der Waals surface area contributed by atoms with E-state index in [4.69, 9.17) is 0 Å². The molecule has 0 saturated heterocycles. The lowest BCUT2D eigenvalue weighted by Crippen LogP contribution is -2.30. The summed E-state index contributed by atoms with van der Waals surface area (Å²) in [5.41, 5.74) is 0. The van der Waals surface area contributed by atoms with E-state index in [0.29, 0.717) is 18.3 Å². The maximum absolute atomic E-state index is 11.5. The van der Waals surface area contributed by atoms with Crippen LogP contribution in [0.15, 0.2) is 0 Å². The number of carbonyl (C=O) groups excluding carboxylic acids is 1. The minimum atomic E-state index is 0.0808. The first-order valence-electron chi connectivity index (χ1n) is 4.77. The summed E-state index contributed by atoms with van der Waals surface area (Å²) < 4.78 is 0. The van der Waals surface area contributed by atoms with Gasteiger partial charge in [0.25, 0.3) is 0 Å². The van der Waals surface area contributed by atoms with Crippen molar-refractivity contribution in [2.75, 3.05) is 0 Å². The molecule has 2 N–H and O–H groups in total. The van der Waals surface area contributed by atoms with Crippen molar-refractivity contribution in [1.82, 2.24) is 25.9 Å². The Morgan fingerprint density at radius 3 is 3.07 bits per heavy atom. The summed E-state index contributed by atoms with van der Waals surface area (Å²) in [7, 11) is 0. The average Bonchev–Trinajstić information content (AvgIpc) is 2.91. The highest BCUT2D eigenvalue weighted by Gasteiger charge is 2.32. The Labute approximate surface area is 81.5 Å². The van der Waals surface area contributed by atoms with E-state index in [0.717, 1.165) is 0 Å². The van der Waals surface area contributed by atoms with Gasteiger partial charge in [-0.25, -0.2) is 0 Å². The number of tetrazole rings is 1. The first-order chi connectivity index (χ1) is 6.77. The first kappa shape index (κ1) is 9.11. The molecule has 1 aromatic heterocycles. The Bertz CT molecular complexity index is 306. The van der Waals surface area contributed by atoms with E-state index >= 15 is 0 Å². The Balaban J connectivity index is 1.77. The minimum absolute atomic E-state index is 0.0808. The lowest BCUT2D eigenvalue weighted by atomic mass is 10.1. The number of H-pyrrole nitrogens is 1. The predicted molar refractivity (Wildman–Crippen MR) is 47.9 cm³/mol. The van der Waals surface area contributed by atoms with Crippen LogP contribution in [0.25, 0.3) is 0 Å². The third kappa shape index (κ3) is 2.07. The standard InChI is InChI=1S/C8H13N5O/c1-5(6-2-3-6)8(14)9-4-7-10-12-13-11-7/h5-6H,2-4H2,1H3,(H,9,14)(H,10,11,12,13). The van der Waals surface area contributed by atoms with Gasteiger partial charge in [0, 0.05) is 5.92 Å². The normalized spacial score (nSPS) is 17.8. The van der Waals surface area contributed by atoms with E-state index in [1.165, 1.54) is 12.8 Å². The number of nitrogens with one attached hydrogen (secondary N) is 2. The van der Waals surface area contributed by atoms with Crippen LogP contribution in [-0.4, -0.2) is 26.5 Å². The van der Waals surface area contributed by atoms with Crippen molar-refractivity contribution in [3.8, 4) is 0 Å². The van der Waals surface area contributed by atoms with Gasteiger partial charge in [0.15, 0.2) is 5.82 Å². The molecule has 0 radical (unpaired) electrons. The van der Waals surface area contributed by atoms with E-state index in [1.807, 2.05) is 6.92 Å². The molecule has 1 fully saturated rings. The van der Waals surface area contributed by atoms with Crippen LogP contribution in [0.2, 0.25) is 0 Å². The molecule has 1 saturated carbocycles. The summed E-state index contributed by atoms with van der Waals surface area (Å²) in [6.07, 6.45) is 2.35. The lowest BCUT2D eigenvalue weighted by Gasteiger charge is -2.08. The highest BCUT2D eigenvalue weighted by Crippen LogP contribution is 2.36. The molecule has 76 valence electrons. The molecule has 0 aromatic carbocycles. The summed E-state index contributed by atoms with van der Waals surface area (Å²) in [6, 6.07) is 0. The van der Waals surface area contributed by atoms with Gasteiger partial charge in [-0.1, -0.05) is 12.1 Å². The zero-order chi connectivity index (χ0) is 9.97. The fourth-order valence-electron chi connectivity index (χ4n) is 1.39. The smallest absolute Gasteiger partial charge is 0.223 e. The molecule has 0 aliphatic heterocycles. The molecule has 14 heavy (non-hydrogen) atoms. The number of aromatic nitrogens is 4. The van der Waals surface area contributed by atoms with Gasteiger partial charge in [0.1, 0.15) is 0 Å². The fourth-order valence-corrected chi connectivity index (χ4v) is 1.39. The molecular weight excluding hydrogens is 182 g/mol. The molecule has 1 unspecified atom stereocenters. The Hall–Kier alpha value is -1.46. The monoisotopic (exact) mass is 195 g/mol. The zero-order valence-electron chi connectivity index (χ0n) is 8.03. The number of hydrogen-bond acceptors (Lipinski definition) is 4. The van der Waals surface area contributed by atoms with Crippen molar-refractivity contribution < 1.29 is 4.79 Å². The molecule has 1 atom stereocenters. The average molecular weight is 195 g/mol. The Kier molecular flexibility index (Phi) is 2.43. The van der Waals surface area contributed by atoms with Crippen molar-refractivity contribution in [2.45, 2.75) is 26.3 Å². The largest absolute Gasteiger partial charge is 0.348 e. The molecule has 6 heteroatoms. The summed E-state index contributed by atoms with van der Waals surface area (Å²) in [5, 5.41) is 16.0. The molecule has 0 bridgehead atoms. The molecular formula is C8H13N5O. The number of hydrogen-bond donors (Lipinski definition) is 2. The van der Waals surface area contributed by atoms with Crippen LogP contribution in [-0.2, 0) is 11.3 Å². The molecule has 1 heterocycles. The van der Waals surface area contributed by atoms with Crippen molar-refractivity contribution in [2.24, 2.45) is 11.8 Å². The van der Waals surface area contributed by atoms with E-state index in [-0.39, 0.29) is 11.8 Å². The third-order valence-electron chi connectivity index (χ3n) is 2.55. The molecule has 6 nitrogen and oxygen atoms in total. The van der Waals surface area contributed by atoms with Crippen LogP contribution in [0.4, 0.5) is 0 Å². The van der Waals surface area contributed by atoms with Crippen LogP contribution in [0.5, 0.6) is 0 Å². The zero-order valence-corrected chi connectivity index (χ0v) is 8.03. The van der Waals surface area contributed by atoms with E-state index in [2.05, 4.69) is 25.9 Å². The third-order valence-corrected chi connectivity index (χ3v) is 2.55. The van der Waals surface area contributed by atoms with E-state index in [1.54, 1.807) is 0 Å². The van der Waals surface area contributed by atoms with Crippen LogP contribution in [0, 0.1) is 11.8 Å². The fraction of sp³-hybridized carbons (Fsp3) is 0.750. The van der Waals surface area contributed by atoms with Crippen LogP contribution >= 0.6 is 0 Å². The molecule has 0 spiro atoms. The summed E-state index contributed by atoms with van der Waals surface area (Å²) in [6.45, 7) is 2.32. The number of rotatable bonds is 4. The van der Waals surface area contributed by atoms with Gasteiger partial charge in [0.2, 0.25) is 5.91 Å². The number of nitrogens with zero attached hydrogens (tertiary/aromatic N) is 3. The number of carbonyl (C=O) groups is 1. The second kappa shape index (κ2) is 3.73. The molecule has 1 amide bonds. The number of amides is 1. The summed E-state index contributed by atoms with van der Waals surface area (Å²) >= 11 is 0. The van der Waals surface area contributed by atoms with Gasteiger partial charge in [-0.05, 0) is 18.8 Å².